The number of hydrogen-bond donors (Lipinski definition) is 0. The molecule has 1 aromatic heterocycles. The van der Waals surface area contributed by atoms with Gasteiger partial charge in [-0.1, -0.05) is 12.1 Å². The van der Waals surface area contributed by atoms with Gasteiger partial charge in [0.05, 0.1) is 18.1 Å². The van der Waals surface area contributed by atoms with E-state index >= 15 is 0 Å². The highest BCUT2D eigenvalue weighted by Gasteiger charge is 2.35. The lowest BCUT2D eigenvalue weighted by Crippen LogP contribution is -2.43. The minimum atomic E-state index is -3.13. The summed E-state index contributed by atoms with van der Waals surface area (Å²) in [4.78, 5) is 14.4. The zero-order valence-electron chi connectivity index (χ0n) is 14.3. The number of hydrogen-bond acceptors (Lipinski definition) is 5. The first-order valence-corrected chi connectivity index (χ1v) is 10.0. The van der Waals surface area contributed by atoms with Crippen molar-refractivity contribution in [2.24, 2.45) is 0 Å². The van der Waals surface area contributed by atoms with Gasteiger partial charge in [0.2, 0.25) is 0 Å². The SMILES string of the molecule is COCCN(C(=O)c1ccn(-c2ccccc2F)n1)C1CCS(=O)(=O)C1. The molecule has 1 fully saturated rings. The van der Waals surface area contributed by atoms with Crippen LogP contribution in [0, 0.1) is 5.82 Å². The number of carbonyl (C=O) groups excluding carboxylic acids is 1. The molecule has 1 aromatic carbocycles. The van der Waals surface area contributed by atoms with Crippen molar-refractivity contribution >= 4 is 15.7 Å². The molecule has 1 aliphatic rings. The van der Waals surface area contributed by atoms with Crippen molar-refractivity contribution in [3.63, 3.8) is 0 Å². The van der Waals surface area contributed by atoms with Gasteiger partial charge in [0.15, 0.2) is 15.5 Å². The first-order chi connectivity index (χ1) is 12.4. The molecule has 9 heteroatoms. The molecule has 140 valence electrons. The molecule has 0 saturated carbocycles. The highest BCUT2D eigenvalue weighted by atomic mass is 32.2. The van der Waals surface area contributed by atoms with Crippen molar-refractivity contribution in [2.45, 2.75) is 12.5 Å². The van der Waals surface area contributed by atoms with Gasteiger partial charge in [0.1, 0.15) is 11.5 Å². The van der Waals surface area contributed by atoms with Gasteiger partial charge in [-0.15, -0.1) is 0 Å². The van der Waals surface area contributed by atoms with Gasteiger partial charge >= 0.3 is 0 Å². The molecule has 0 aliphatic carbocycles. The van der Waals surface area contributed by atoms with Crippen LogP contribution < -0.4 is 0 Å². The number of halogens is 1. The fourth-order valence-electron chi connectivity index (χ4n) is 3.02. The zero-order chi connectivity index (χ0) is 18.7. The Bertz CT molecular complexity index is 897. The van der Waals surface area contributed by atoms with Crippen LogP contribution in [0.1, 0.15) is 16.9 Å². The molecule has 0 bridgehead atoms. The standard InChI is InChI=1S/C17H20FN3O4S/c1-25-10-9-20(13-7-11-26(23,24)12-13)17(22)15-6-8-21(19-15)16-5-3-2-4-14(16)18/h2-6,8,13H,7,9-12H2,1H3. The van der Waals surface area contributed by atoms with E-state index in [-0.39, 0.29) is 41.9 Å². The Morgan fingerprint density at radius 3 is 2.81 bits per heavy atom. The van der Waals surface area contributed by atoms with Gasteiger partial charge in [-0.25, -0.2) is 17.5 Å². The number of methoxy groups -OCH3 is 1. The summed E-state index contributed by atoms with van der Waals surface area (Å²) in [5, 5.41) is 4.17. The summed E-state index contributed by atoms with van der Waals surface area (Å²) in [7, 11) is -1.62. The van der Waals surface area contributed by atoms with Gasteiger partial charge in [0, 0.05) is 25.9 Å². The van der Waals surface area contributed by atoms with Crippen LogP contribution in [0.4, 0.5) is 4.39 Å². The molecule has 1 aliphatic heterocycles. The van der Waals surface area contributed by atoms with E-state index in [1.165, 1.54) is 35.0 Å². The van der Waals surface area contributed by atoms with Gasteiger partial charge in [-0.2, -0.15) is 5.10 Å². The molecule has 3 rings (SSSR count). The Morgan fingerprint density at radius 1 is 1.38 bits per heavy atom. The predicted octanol–water partition coefficient (Wildman–Crippen LogP) is 1.29. The lowest BCUT2D eigenvalue weighted by atomic mass is 10.2. The van der Waals surface area contributed by atoms with E-state index in [0.717, 1.165) is 0 Å². The third-order valence-electron chi connectivity index (χ3n) is 4.35. The number of aromatic nitrogens is 2. The van der Waals surface area contributed by atoms with E-state index < -0.39 is 21.7 Å². The van der Waals surface area contributed by atoms with Crippen LogP contribution in [0.3, 0.4) is 0 Å². The Balaban J connectivity index is 1.84. The molecule has 0 N–H and O–H groups in total. The van der Waals surface area contributed by atoms with E-state index in [2.05, 4.69) is 5.10 Å². The number of carbonyl (C=O) groups is 1. The normalized spacial score (nSPS) is 18.8. The van der Waals surface area contributed by atoms with Gasteiger partial charge in [0.25, 0.3) is 5.91 Å². The summed E-state index contributed by atoms with van der Waals surface area (Å²) in [6, 6.07) is 7.21. The summed E-state index contributed by atoms with van der Waals surface area (Å²) in [5.74, 6) is -0.832. The molecular formula is C17H20FN3O4S. The highest BCUT2D eigenvalue weighted by Crippen LogP contribution is 2.20. The first-order valence-electron chi connectivity index (χ1n) is 8.22. The van der Waals surface area contributed by atoms with E-state index in [4.69, 9.17) is 4.74 Å². The van der Waals surface area contributed by atoms with Crippen molar-refractivity contribution in [3.8, 4) is 5.69 Å². The first kappa shape index (κ1) is 18.5. The van der Waals surface area contributed by atoms with E-state index in [0.29, 0.717) is 6.42 Å². The number of sulfone groups is 1. The molecule has 1 amide bonds. The lowest BCUT2D eigenvalue weighted by molar-refractivity contribution is 0.0618. The molecule has 1 saturated heterocycles. The summed E-state index contributed by atoms with van der Waals surface area (Å²) >= 11 is 0. The average molecular weight is 381 g/mol. The molecule has 0 spiro atoms. The number of amides is 1. The Kier molecular flexibility index (Phi) is 5.38. The Labute approximate surface area is 151 Å². The van der Waals surface area contributed by atoms with Crippen molar-refractivity contribution in [2.75, 3.05) is 31.8 Å². The number of rotatable bonds is 6. The van der Waals surface area contributed by atoms with Crippen LogP contribution in [0.5, 0.6) is 0 Å². The van der Waals surface area contributed by atoms with E-state index in [9.17, 15) is 17.6 Å². The molecular weight excluding hydrogens is 361 g/mol. The zero-order valence-corrected chi connectivity index (χ0v) is 15.2. The Morgan fingerprint density at radius 2 is 2.15 bits per heavy atom. The molecule has 1 atom stereocenters. The molecule has 7 nitrogen and oxygen atoms in total. The number of benzene rings is 1. The molecule has 0 radical (unpaired) electrons. The van der Waals surface area contributed by atoms with Gasteiger partial charge in [-0.3, -0.25) is 4.79 Å². The monoisotopic (exact) mass is 381 g/mol. The minimum absolute atomic E-state index is 0.0591. The molecule has 26 heavy (non-hydrogen) atoms. The molecule has 2 heterocycles. The van der Waals surface area contributed by atoms with Crippen LogP contribution in [-0.2, 0) is 14.6 Å². The van der Waals surface area contributed by atoms with Crippen molar-refractivity contribution in [1.82, 2.24) is 14.7 Å². The van der Waals surface area contributed by atoms with Crippen molar-refractivity contribution in [3.05, 3.63) is 48.0 Å². The third kappa shape index (κ3) is 3.94. The number of para-hydroxylation sites is 1. The molecule has 2 aromatic rings. The maximum absolute atomic E-state index is 13.9. The van der Waals surface area contributed by atoms with Crippen LogP contribution in [0.25, 0.3) is 5.69 Å². The van der Waals surface area contributed by atoms with Crippen LogP contribution in [0.15, 0.2) is 36.5 Å². The second kappa shape index (κ2) is 7.55. The maximum Gasteiger partial charge on any atom is 0.274 e. The van der Waals surface area contributed by atoms with Gasteiger partial charge in [-0.05, 0) is 24.6 Å². The van der Waals surface area contributed by atoms with Crippen molar-refractivity contribution < 1.29 is 22.3 Å². The second-order valence-electron chi connectivity index (χ2n) is 6.15. The van der Waals surface area contributed by atoms with Crippen LogP contribution in [0.2, 0.25) is 0 Å². The smallest absolute Gasteiger partial charge is 0.274 e. The minimum Gasteiger partial charge on any atom is -0.383 e. The predicted molar refractivity (Wildman–Crippen MR) is 93.5 cm³/mol. The number of ether oxygens (including phenoxy) is 1. The summed E-state index contributed by atoms with van der Waals surface area (Å²) in [6.45, 7) is 0.554. The fraction of sp³-hybridized carbons (Fsp3) is 0.412. The quantitative estimate of drug-likeness (QED) is 0.753. The largest absolute Gasteiger partial charge is 0.383 e. The van der Waals surface area contributed by atoms with Gasteiger partial charge < -0.3 is 9.64 Å². The number of nitrogens with zero attached hydrogens (tertiary/aromatic N) is 3. The average Bonchev–Trinajstić information content (AvgIpc) is 3.22. The van der Waals surface area contributed by atoms with E-state index in [1.54, 1.807) is 18.2 Å². The highest BCUT2D eigenvalue weighted by molar-refractivity contribution is 7.91. The maximum atomic E-state index is 13.9. The van der Waals surface area contributed by atoms with Crippen molar-refractivity contribution in [1.29, 1.82) is 0 Å². The topological polar surface area (TPSA) is 81.5 Å². The van der Waals surface area contributed by atoms with E-state index in [1.807, 2.05) is 0 Å². The summed E-state index contributed by atoms with van der Waals surface area (Å²) < 4.78 is 43.8. The lowest BCUT2D eigenvalue weighted by Gasteiger charge is -2.27. The Hall–Kier alpha value is -2.26. The summed E-state index contributed by atoms with van der Waals surface area (Å²) in [5.41, 5.74) is 0.368. The third-order valence-corrected chi connectivity index (χ3v) is 6.10. The second-order valence-corrected chi connectivity index (χ2v) is 8.37. The fourth-order valence-corrected chi connectivity index (χ4v) is 4.75. The van der Waals surface area contributed by atoms with Crippen LogP contribution in [-0.4, -0.2) is 66.8 Å². The summed E-state index contributed by atoms with van der Waals surface area (Å²) in [6.07, 6.45) is 1.90. The molecule has 1 unspecified atom stereocenters. The van der Waals surface area contributed by atoms with Crippen LogP contribution >= 0.6 is 0 Å².